The van der Waals surface area contributed by atoms with Gasteiger partial charge < -0.3 is 9.64 Å². The molecule has 0 aromatic heterocycles. The molecule has 1 aliphatic rings. The minimum absolute atomic E-state index is 0.439. The average molecular weight is 253 g/mol. The monoisotopic (exact) mass is 253 g/mol. The Morgan fingerprint density at radius 1 is 1.28 bits per heavy atom. The Hall–Kier alpha value is -0.520. The number of nitrogens with zero attached hydrogens (tertiary/aromatic N) is 1. The van der Waals surface area contributed by atoms with Crippen LogP contribution in [0.5, 0.6) is 0 Å². The topological polar surface area (TPSA) is 12.5 Å². The zero-order chi connectivity index (χ0) is 13.8. The first kappa shape index (κ1) is 17.5. The van der Waals surface area contributed by atoms with Gasteiger partial charge in [-0.25, -0.2) is 0 Å². The van der Waals surface area contributed by atoms with Crippen LogP contribution in [0.4, 0.5) is 0 Å². The molecule has 1 atom stereocenters. The predicted molar refractivity (Wildman–Crippen MR) is 79.7 cm³/mol. The van der Waals surface area contributed by atoms with Crippen molar-refractivity contribution in [2.24, 2.45) is 5.92 Å². The Morgan fingerprint density at radius 2 is 1.89 bits per heavy atom. The summed E-state index contributed by atoms with van der Waals surface area (Å²) >= 11 is 0. The van der Waals surface area contributed by atoms with Gasteiger partial charge in [-0.05, 0) is 25.7 Å². The summed E-state index contributed by atoms with van der Waals surface area (Å²) in [6.45, 7) is 14.7. The Bertz CT molecular complexity index is 233. The van der Waals surface area contributed by atoms with E-state index in [1.807, 2.05) is 20.8 Å². The van der Waals surface area contributed by atoms with E-state index >= 15 is 0 Å². The molecule has 1 aliphatic heterocycles. The van der Waals surface area contributed by atoms with Gasteiger partial charge in [0.2, 0.25) is 0 Å². The lowest BCUT2D eigenvalue weighted by molar-refractivity contribution is 0.0213. The van der Waals surface area contributed by atoms with Crippen LogP contribution in [-0.4, -0.2) is 37.2 Å². The second-order valence-electron chi connectivity index (χ2n) is 4.75. The minimum atomic E-state index is 0.439. The maximum atomic E-state index is 5.70. The van der Waals surface area contributed by atoms with Crippen molar-refractivity contribution >= 4 is 0 Å². The van der Waals surface area contributed by atoms with Gasteiger partial charge in [0, 0.05) is 19.6 Å². The molecule has 0 aromatic rings. The summed E-state index contributed by atoms with van der Waals surface area (Å²) in [6.07, 6.45) is 4.06. The van der Waals surface area contributed by atoms with Crippen LogP contribution in [0.1, 0.15) is 53.9 Å². The van der Waals surface area contributed by atoms with Crippen LogP contribution in [0.15, 0.2) is 0 Å². The molecule has 2 nitrogen and oxygen atoms in total. The third kappa shape index (κ3) is 7.74. The van der Waals surface area contributed by atoms with E-state index in [1.165, 1.54) is 38.9 Å². The average Bonchev–Trinajstić information content (AvgIpc) is 2.43. The van der Waals surface area contributed by atoms with Gasteiger partial charge in [-0.15, -0.1) is 5.92 Å². The van der Waals surface area contributed by atoms with Crippen LogP contribution in [0.25, 0.3) is 0 Å². The van der Waals surface area contributed by atoms with E-state index in [-0.39, 0.29) is 0 Å². The van der Waals surface area contributed by atoms with Crippen molar-refractivity contribution in [3.8, 4) is 11.8 Å². The predicted octanol–water partition coefficient (Wildman–Crippen LogP) is 3.56. The lowest BCUT2D eigenvalue weighted by Crippen LogP contribution is -2.39. The molecule has 1 rings (SSSR count). The highest BCUT2D eigenvalue weighted by Gasteiger charge is 2.19. The Balaban J connectivity index is 0.00000137. The fraction of sp³-hybridized carbons (Fsp3) is 0.875. The summed E-state index contributed by atoms with van der Waals surface area (Å²) in [6, 6.07) is 0. The molecule has 1 heterocycles. The highest BCUT2D eigenvalue weighted by Crippen LogP contribution is 2.15. The molecular formula is C16H31NO. The van der Waals surface area contributed by atoms with Crippen molar-refractivity contribution < 1.29 is 4.74 Å². The molecule has 0 aliphatic carbocycles. The van der Waals surface area contributed by atoms with Gasteiger partial charge in [0.25, 0.3) is 0 Å². The number of rotatable bonds is 5. The first-order valence-electron chi connectivity index (χ1n) is 7.49. The van der Waals surface area contributed by atoms with Gasteiger partial charge >= 0.3 is 0 Å². The van der Waals surface area contributed by atoms with Crippen LogP contribution < -0.4 is 0 Å². The van der Waals surface area contributed by atoms with Gasteiger partial charge in [0.05, 0.1) is 6.10 Å². The lowest BCUT2D eigenvalue weighted by Gasteiger charge is -2.33. The van der Waals surface area contributed by atoms with E-state index in [0.29, 0.717) is 12.7 Å². The van der Waals surface area contributed by atoms with Crippen LogP contribution >= 0.6 is 0 Å². The quantitative estimate of drug-likeness (QED) is 0.695. The number of hydrogen-bond donors (Lipinski definition) is 0. The van der Waals surface area contributed by atoms with E-state index in [4.69, 9.17) is 4.74 Å². The molecular weight excluding hydrogens is 222 g/mol. The Kier molecular flexibility index (Phi) is 11.2. The van der Waals surface area contributed by atoms with Crippen molar-refractivity contribution in [1.82, 2.24) is 4.90 Å². The molecule has 0 aromatic carbocycles. The molecule has 0 spiro atoms. The summed E-state index contributed by atoms with van der Waals surface area (Å²) in [5.74, 6) is 6.65. The molecule has 0 N–H and O–H groups in total. The first-order valence-corrected chi connectivity index (χ1v) is 7.49. The molecule has 0 saturated carbocycles. The molecule has 1 saturated heterocycles. The fourth-order valence-electron chi connectivity index (χ4n) is 2.06. The van der Waals surface area contributed by atoms with Gasteiger partial charge in [0.1, 0.15) is 6.61 Å². The Morgan fingerprint density at radius 3 is 2.39 bits per heavy atom. The zero-order valence-electron chi connectivity index (χ0n) is 13.0. The number of hydrogen-bond acceptors (Lipinski definition) is 2. The highest BCUT2D eigenvalue weighted by atomic mass is 16.5. The molecule has 18 heavy (non-hydrogen) atoms. The van der Waals surface area contributed by atoms with Crippen LogP contribution in [0, 0.1) is 17.8 Å². The molecule has 0 radical (unpaired) electrons. The van der Waals surface area contributed by atoms with Crippen molar-refractivity contribution in [3.05, 3.63) is 0 Å². The summed E-state index contributed by atoms with van der Waals surface area (Å²) < 4.78 is 5.70. The largest absolute Gasteiger partial charge is 0.365 e. The number of piperidine rings is 1. The third-order valence-electron chi connectivity index (χ3n) is 3.37. The van der Waals surface area contributed by atoms with Crippen LogP contribution in [0.2, 0.25) is 0 Å². The summed E-state index contributed by atoms with van der Waals surface area (Å²) in [7, 11) is 0. The van der Waals surface area contributed by atoms with Gasteiger partial charge in [0.15, 0.2) is 0 Å². The van der Waals surface area contributed by atoms with E-state index < -0.39 is 0 Å². The summed E-state index contributed by atoms with van der Waals surface area (Å²) in [4.78, 5) is 2.57. The van der Waals surface area contributed by atoms with Crippen molar-refractivity contribution in [3.63, 3.8) is 0 Å². The van der Waals surface area contributed by atoms with E-state index in [1.54, 1.807) is 0 Å². The second-order valence-corrected chi connectivity index (χ2v) is 4.75. The SMILES string of the molecule is CC.CC#CCOC1CCN(CC(C)CC)CC1. The van der Waals surface area contributed by atoms with Crippen molar-refractivity contribution in [2.75, 3.05) is 26.2 Å². The number of ether oxygens (including phenoxy) is 1. The zero-order valence-corrected chi connectivity index (χ0v) is 13.0. The standard InChI is InChI=1S/C14H25NO.C2H6/c1-4-6-11-16-14-7-9-15(10-8-14)12-13(3)5-2;1-2/h13-14H,5,7-12H2,1-3H3;1-2H3. The van der Waals surface area contributed by atoms with Crippen LogP contribution in [0.3, 0.4) is 0 Å². The fourth-order valence-corrected chi connectivity index (χ4v) is 2.06. The smallest absolute Gasteiger partial charge is 0.108 e. The second kappa shape index (κ2) is 11.6. The van der Waals surface area contributed by atoms with E-state index in [2.05, 4.69) is 30.6 Å². The molecule has 0 amide bonds. The first-order chi connectivity index (χ1) is 8.76. The number of likely N-dealkylation sites (tertiary alicyclic amines) is 1. The normalized spacial score (nSPS) is 18.3. The molecule has 2 heteroatoms. The van der Waals surface area contributed by atoms with Crippen LogP contribution in [-0.2, 0) is 4.74 Å². The molecule has 0 bridgehead atoms. The highest BCUT2D eigenvalue weighted by molar-refractivity contribution is 4.95. The van der Waals surface area contributed by atoms with E-state index in [0.717, 1.165) is 5.92 Å². The maximum absolute atomic E-state index is 5.70. The summed E-state index contributed by atoms with van der Waals surface area (Å²) in [5, 5.41) is 0. The van der Waals surface area contributed by atoms with Gasteiger partial charge in [-0.3, -0.25) is 0 Å². The van der Waals surface area contributed by atoms with E-state index in [9.17, 15) is 0 Å². The molecule has 1 unspecified atom stereocenters. The third-order valence-corrected chi connectivity index (χ3v) is 3.37. The lowest BCUT2D eigenvalue weighted by atomic mass is 10.0. The minimum Gasteiger partial charge on any atom is -0.365 e. The van der Waals surface area contributed by atoms with Crippen molar-refractivity contribution in [2.45, 2.75) is 60.0 Å². The van der Waals surface area contributed by atoms with Gasteiger partial charge in [-0.1, -0.05) is 40.0 Å². The molecule has 106 valence electrons. The van der Waals surface area contributed by atoms with Gasteiger partial charge in [-0.2, -0.15) is 0 Å². The Labute approximate surface area is 114 Å². The van der Waals surface area contributed by atoms with Crippen molar-refractivity contribution in [1.29, 1.82) is 0 Å². The molecule has 1 fully saturated rings. The summed E-state index contributed by atoms with van der Waals surface area (Å²) in [5.41, 5.74) is 0. The maximum Gasteiger partial charge on any atom is 0.108 e.